The van der Waals surface area contributed by atoms with Crippen molar-refractivity contribution in [3.63, 3.8) is 0 Å². The number of hydrogen-bond acceptors (Lipinski definition) is 5. The predicted molar refractivity (Wildman–Crippen MR) is 47.1 cm³/mol. The molecule has 2 atom stereocenters. The lowest BCUT2D eigenvalue weighted by atomic mass is 10.3. The van der Waals surface area contributed by atoms with Crippen LogP contribution < -0.4 is 5.73 Å². The molecule has 0 aliphatic rings. The number of rotatable bonds is 6. The number of carbonyl (C=O) groups excluding carboxylic acids is 1. The number of carbonyl (C=O) groups is 1. The summed E-state index contributed by atoms with van der Waals surface area (Å²) in [7, 11) is 0. The van der Waals surface area contributed by atoms with Gasteiger partial charge in [0.1, 0.15) is 6.10 Å². The Morgan fingerprint density at radius 2 is 2.23 bits per heavy atom. The van der Waals surface area contributed by atoms with E-state index in [0.29, 0.717) is 13.2 Å². The fraction of sp³-hybridized carbons (Fsp3) is 0.875. The van der Waals surface area contributed by atoms with E-state index in [1.54, 1.807) is 6.92 Å². The van der Waals surface area contributed by atoms with Crippen LogP contribution >= 0.6 is 0 Å². The van der Waals surface area contributed by atoms with Crippen LogP contribution in [-0.2, 0) is 14.3 Å². The fourth-order valence-corrected chi connectivity index (χ4v) is 0.691. The third kappa shape index (κ3) is 5.57. The Balaban J connectivity index is 3.64. The second-order valence-corrected chi connectivity index (χ2v) is 2.66. The van der Waals surface area contributed by atoms with Crippen molar-refractivity contribution in [2.45, 2.75) is 26.1 Å². The van der Waals surface area contributed by atoms with Gasteiger partial charge in [0.05, 0.1) is 6.61 Å². The van der Waals surface area contributed by atoms with Crippen molar-refractivity contribution in [2.24, 2.45) is 5.73 Å². The summed E-state index contributed by atoms with van der Waals surface area (Å²) in [5.41, 5.74) is 5.07. The summed E-state index contributed by atoms with van der Waals surface area (Å²) >= 11 is 0. The van der Waals surface area contributed by atoms with Gasteiger partial charge in [0.25, 0.3) is 0 Å². The molecule has 0 aromatic carbocycles. The molecular formula is C8H17NO4. The van der Waals surface area contributed by atoms with Crippen LogP contribution in [0.25, 0.3) is 0 Å². The minimum Gasteiger partial charge on any atom is -0.458 e. The van der Waals surface area contributed by atoms with E-state index in [-0.39, 0.29) is 12.6 Å². The van der Waals surface area contributed by atoms with E-state index in [4.69, 9.17) is 20.3 Å². The van der Waals surface area contributed by atoms with Gasteiger partial charge in [0.2, 0.25) is 0 Å². The molecule has 2 unspecified atom stereocenters. The number of ether oxygens (including phenoxy) is 2. The van der Waals surface area contributed by atoms with Crippen molar-refractivity contribution < 1.29 is 19.4 Å². The molecule has 0 saturated carbocycles. The van der Waals surface area contributed by atoms with Gasteiger partial charge >= 0.3 is 5.97 Å². The van der Waals surface area contributed by atoms with Crippen molar-refractivity contribution >= 4 is 5.97 Å². The van der Waals surface area contributed by atoms with E-state index < -0.39 is 12.1 Å². The topological polar surface area (TPSA) is 81.8 Å². The highest BCUT2D eigenvalue weighted by Crippen LogP contribution is 1.95. The minimum atomic E-state index is -1.23. The summed E-state index contributed by atoms with van der Waals surface area (Å²) in [6.07, 6.45) is -1.59. The average Bonchev–Trinajstić information content (AvgIpc) is 2.13. The normalized spacial score (nSPS) is 15.1. The number of aliphatic hydroxyl groups is 1. The summed E-state index contributed by atoms with van der Waals surface area (Å²) in [5.74, 6) is -0.699. The number of hydrogen-bond donors (Lipinski definition) is 2. The minimum absolute atomic E-state index is 0.125. The van der Waals surface area contributed by atoms with Crippen molar-refractivity contribution in [2.75, 3.05) is 19.8 Å². The van der Waals surface area contributed by atoms with E-state index in [0.717, 1.165) is 0 Å². The first-order valence-electron chi connectivity index (χ1n) is 4.28. The number of aliphatic hydroxyl groups excluding tert-OH is 1. The SMILES string of the molecule is CCOCC(C)OC(=O)C(O)CN. The zero-order chi connectivity index (χ0) is 10.3. The maximum Gasteiger partial charge on any atom is 0.336 e. The van der Waals surface area contributed by atoms with Crippen LogP contribution in [0.5, 0.6) is 0 Å². The molecule has 78 valence electrons. The molecule has 13 heavy (non-hydrogen) atoms. The summed E-state index contributed by atoms with van der Waals surface area (Å²) in [6.45, 7) is 4.32. The molecule has 0 amide bonds. The predicted octanol–water partition coefficient (Wildman–Crippen LogP) is -0.726. The Morgan fingerprint density at radius 3 is 2.69 bits per heavy atom. The van der Waals surface area contributed by atoms with Crippen LogP contribution in [0.2, 0.25) is 0 Å². The smallest absolute Gasteiger partial charge is 0.336 e. The molecule has 0 spiro atoms. The first-order chi connectivity index (χ1) is 6.11. The van der Waals surface area contributed by atoms with Crippen molar-refractivity contribution in [1.29, 1.82) is 0 Å². The third-order valence-corrected chi connectivity index (χ3v) is 1.37. The molecule has 0 aliphatic carbocycles. The second kappa shape index (κ2) is 6.82. The molecule has 0 fully saturated rings. The Kier molecular flexibility index (Phi) is 6.48. The fourth-order valence-electron chi connectivity index (χ4n) is 0.691. The van der Waals surface area contributed by atoms with Crippen LogP contribution in [0.15, 0.2) is 0 Å². The Morgan fingerprint density at radius 1 is 1.62 bits per heavy atom. The van der Waals surface area contributed by atoms with E-state index in [1.807, 2.05) is 6.92 Å². The van der Waals surface area contributed by atoms with Crippen LogP contribution in [0.3, 0.4) is 0 Å². The van der Waals surface area contributed by atoms with Crippen LogP contribution in [0.4, 0.5) is 0 Å². The summed E-state index contributed by atoms with van der Waals surface area (Å²) in [6, 6.07) is 0. The van der Waals surface area contributed by atoms with Gasteiger partial charge in [-0.2, -0.15) is 0 Å². The first kappa shape index (κ1) is 12.3. The molecule has 5 nitrogen and oxygen atoms in total. The van der Waals surface area contributed by atoms with Crippen LogP contribution in [0, 0.1) is 0 Å². The molecule has 0 heterocycles. The zero-order valence-electron chi connectivity index (χ0n) is 8.03. The first-order valence-corrected chi connectivity index (χ1v) is 4.28. The molecule has 5 heteroatoms. The van der Waals surface area contributed by atoms with Crippen LogP contribution in [-0.4, -0.2) is 43.0 Å². The highest BCUT2D eigenvalue weighted by atomic mass is 16.6. The van der Waals surface area contributed by atoms with Gasteiger partial charge in [-0.3, -0.25) is 0 Å². The van der Waals surface area contributed by atoms with Crippen molar-refractivity contribution in [1.82, 2.24) is 0 Å². The van der Waals surface area contributed by atoms with Gasteiger partial charge in [0.15, 0.2) is 6.10 Å². The molecule has 0 aromatic heterocycles. The van der Waals surface area contributed by atoms with Gasteiger partial charge in [-0.25, -0.2) is 4.79 Å². The average molecular weight is 191 g/mol. The largest absolute Gasteiger partial charge is 0.458 e. The molecule has 0 aromatic rings. The van der Waals surface area contributed by atoms with E-state index in [2.05, 4.69) is 0 Å². The lowest BCUT2D eigenvalue weighted by Crippen LogP contribution is -2.34. The quantitative estimate of drug-likeness (QED) is 0.541. The van der Waals surface area contributed by atoms with Gasteiger partial charge < -0.3 is 20.3 Å². The molecule has 0 radical (unpaired) electrons. The van der Waals surface area contributed by atoms with Crippen molar-refractivity contribution in [3.8, 4) is 0 Å². The standard InChI is InChI=1S/C8H17NO4/c1-3-12-5-6(2)13-8(11)7(10)4-9/h6-7,10H,3-5,9H2,1-2H3. The zero-order valence-corrected chi connectivity index (χ0v) is 8.03. The third-order valence-electron chi connectivity index (χ3n) is 1.37. The van der Waals surface area contributed by atoms with Gasteiger partial charge in [-0.05, 0) is 13.8 Å². The summed E-state index contributed by atoms with van der Waals surface area (Å²) in [5, 5.41) is 8.96. The lowest BCUT2D eigenvalue weighted by molar-refractivity contribution is -0.160. The van der Waals surface area contributed by atoms with Gasteiger partial charge in [-0.15, -0.1) is 0 Å². The van der Waals surface area contributed by atoms with Crippen LogP contribution in [0.1, 0.15) is 13.8 Å². The summed E-state index contributed by atoms with van der Waals surface area (Å²) in [4.78, 5) is 10.9. The van der Waals surface area contributed by atoms with Crippen molar-refractivity contribution in [3.05, 3.63) is 0 Å². The monoisotopic (exact) mass is 191 g/mol. The molecular weight excluding hydrogens is 174 g/mol. The Bertz CT molecular complexity index is 151. The van der Waals surface area contributed by atoms with Gasteiger partial charge in [-0.1, -0.05) is 0 Å². The molecule has 0 bridgehead atoms. The summed E-state index contributed by atoms with van der Waals surface area (Å²) < 4.78 is 9.83. The second-order valence-electron chi connectivity index (χ2n) is 2.66. The van der Waals surface area contributed by atoms with Gasteiger partial charge in [0, 0.05) is 13.2 Å². The molecule has 0 saturated heterocycles. The highest BCUT2D eigenvalue weighted by molar-refractivity contribution is 5.74. The number of nitrogens with two attached hydrogens (primary N) is 1. The highest BCUT2D eigenvalue weighted by Gasteiger charge is 2.17. The number of esters is 1. The maximum atomic E-state index is 10.9. The van der Waals surface area contributed by atoms with E-state index in [1.165, 1.54) is 0 Å². The molecule has 0 rings (SSSR count). The van der Waals surface area contributed by atoms with E-state index in [9.17, 15) is 4.79 Å². The Labute approximate surface area is 77.8 Å². The Hall–Kier alpha value is -0.650. The maximum absolute atomic E-state index is 10.9. The lowest BCUT2D eigenvalue weighted by Gasteiger charge is -2.14. The van der Waals surface area contributed by atoms with E-state index >= 15 is 0 Å². The molecule has 3 N–H and O–H groups in total. The molecule has 0 aliphatic heterocycles.